The van der Waals surface area contributed by atoms with E-state index in [2.05, 4.69) is 41.5 Å². The minimum absolute atomic E-state index is 0.586. The SMILES string of the molecule is Cc1oc(-c2ccccc2)nc1CCOc1ccc([C@H]2CNC[C@H]2C)cc1. The van der Waals surface area contributed by atoms with Crippen molar-refractivity contribution in [1.29, 1.82) is 0 Å². The van der Waals surface area contributed by atoms with E-state index >= 15 is 0 Å². The van der Waals surface area contributed by atoms with Gasteiger partial charge in [-0.3, -0.25) is 0 Å². The zero-order chi connectivity index (χ0) is 18.6. The summed E-state index contributed by atoms with van der Waals surface area (Å²) in [4.78, 5) is 4.63. The van der Waals surface area contributed by atoms with Gasteiger partial charge >= 0.3 is 0 Å². The molecule has 0 unspecified atom stereocenters. The fourth-order valence-electron chi connectivity index (χ4n) is 3.70. The first-order valence-electron chi connectivity index (χ1n) is 9.66. The highest BCUT2D eigenvalue weighted by Gasteiger charge is 2.24. The van der Waals surface area contributed by atoms with Crippen molar-refractivity contribution >= 4 is 0 Å². The molecule has 4 nitrogen and oxygen atoms in total. The molecule has 0 aliphatic carbocycles. The Balaban J connectivity index is 1.34. The van der Waals surface area contributed by atoms with Crippen LogP contribution in [0.2, 0.25) is 0 Å². The number of hydrogen-bond donors (Lipinski definition) is 1. The molecule has 1 N–H and O–H groups in total. The third kappa shape index (κ3) is 4.06. The third-order valence-corrected chi connectivity index (χ3v) is 5.35. The molecule has 1 fully saturated rings. The van der Waals surface area contributed by atoms with Gasteiger partial charge in [0.2, 0.25) is 5.89 Å². The van der Waals surface area contributed by atoms with Crippen LogP contribution in [0, 0.1) is 12.8 Å². The van der Waals surface area contributed by atoms with Gasteiger partial charge in [0.1, 0.15) is 11.5 Å². The van der Waals surface area contributed by atoms with Crippen molar-refractivity contribution in [2.24, 2.45) is 5.92 Å². The molecule has 140 valence electrons. The van der Waals surface area contributed by atoms with E-state index in [-0.39, 0.29) is 0 Å². The van der Waals surface area contributed by atoms with Crippen LogP contribution in [0.25, 0.3) is 11.5 Å². The summed E-state index contributed by atoms with van der Waals surface area (Å²) in [5, 5.41) is 3.46. The Labute approximate surface area is 160 Å². The van der Waals surface area contributed by atoms with Gasteiger partial charge in [0.05, 0.1) is 12.3 Å². The topological polar surface area (TPSA) is 47.3 Å². The molecule has 0 amide bonds. The van der Waals surface area contributed by atoms with E-state index in [1.54, 1.807) is 0 Å². The van der Waals surface area contributed by atoms with E-state index in [0.717, 1.165) is 42.3 Å². The highest BCUT2D eigenvalue weighted by Crippen LogP contribution is 2.29. The Kier molecular flexibility index (Phi) is 5.26. The maximum Gasteiger partial charge on any atom is 0.226 e. The van der Waals surface area contributed by atoms with E-state index < -0.39 is 0 Å². The molecule has 27 heavy (non-hydrogen) atoms. The molecule has 2 heterocycles. The first-order valence-corrected chi connectivity index (χ1v) is 9.66. The summed E-state index contributed by atoms with van der Waals surface area (Å²) in [5.41, 5.74) is 3.34. The summed E-state index contributed by atoms with van der Waals surface area (Å²) in [7, 11) is 0. The van der Waals surface area contributed by atoms with Gasteiger partial charge in [-0.1, -0.05) is 37.3 Å². The third-order valence-electron chi connectivity index (χ3n) is 5.35. The lowest BCUT2D eigenvalue weighted by molar-refractivity contribution is 0.319. The summed E-state index contributed by atoms with van der Waals surface area (Å²) in [5.74, 6) is 3.73. The number of aromatic nitrogens is 1. The first kappa shape index (κ1) is 17.8. The number of oxazole rings is 1. The van der Waals surface area contributed by atoms with E-state index in [1.165, 1.54) is 5.56 Å². The molecule has 0 spiro atoms. The fraction of sp³-hybridized carbons (Fsp3) is 0.348. The predicted molar refractivity (Wildman–Crippen MR) is 107 cm³/mol. The van der Waals surface area contributed by atoms with Gasteiger partial charge in [-0.05, 0) is 49.2 Å². The maximum atomic E-state index is 5.93. The van der Waals surface area contributed by atoms with Crippen LogP contribution in [0.5, 0.6) is 5.75 Å². The van der Waals surface area contributed by atoms with E-state index in [1.807, 2.05) is 37.3 Å². The average molecular weight is 362 g/mol. The number of rotatable bonds is 6. The minimum atomic E-state index is 0.586. The van der Waals surface area contributed by atoms with Crippen molar-refractivity contribution in [1.82, 2.24) is 10.3 Å². The molecule has 0 radical (unpaired) electrons. The van der Waals surface area contributed by atoms with Crippen LogP contribution in [0.15, 0.2) is 59.0 Å². The lowest BCUT2D eigenvalue weighted by atomic mass is 9.90. The quantitative estimate of drug-likeness (QED) is 0.696. The van der Waals surface area contributed by atoms with Crippen molar-refractivity contribution < 1.29 is 9.15 Å². The smallest absolute Gasteiger partial charge is 0.226 e. The molecule has 1 aliphatic rings. The Morgan fingerprint density at radius 1 is 1.07 bits per heavy atom. The number of nitrogens with zero attached hydrogens (tertiary/aromatic N) is 1. The summed E-state index contributed by atoms with van der Waals surface area (Å²) in [6.45, 7) is 7.02. The lowest BCUT2D eigenvalue weighted by Gasteiger charge is -2.15. The van der Waals surface area contributed by atoms with Crippen LogP contribution >= 0.6 is 0 Å². The van der Waals surface area contributed by atoms with Gasteiger partial charge < -0.3 is 14.5 Å². The van der Waals surface area contributed by atoms with Gasteiger partial charge in [0.25, 0.3) is 0 Å². The molecular formula is C23H26N2O2. The van der Waals surface area contributed by atoms with Crippen LogP contribution in [0.3, 0.4) is 0 Å². The summed E-state index contributed by atoms with van der Waals surface area (Å²) in [6, 6.07) is 18.5. The molecule has 0 bridgehead atoms. The Morgan fingerprint density at radius 3 is 2.56 bits per heavy atom. The molecule has 3 aromatic rings. The first-order chi connectivity index (χ1) is 13.2. The normalized spacial score (nSPS) is 19.3. The Morgan fingerprint density at radius 2 is 1.85 bits per heavy atom. The van der Waals surface area contributed by atoms with Crippen LogP contribution < -0.4 is 10.1 Å². The van der Waals surface area contributed by atoms with Gasteiger partial charge in [-0.15, -0.1) is 0 Å². The predicted octanol–water partition coefficient (Wildman–Crippen LogP) is 4.59. The van der Waals surface area contributed by atoms with Gasteiger partial charge in [-0.2, -0.15) is 0 Å². The van der Waals surface area contributed by atoms with Crippen LogP contribution in [-0.4, -0.2) is 24.7 Å². The van der Waals surface area contributed by atoms with E-state index in [0.29, 0.717) is 24.3 Å². The summed E-state index contributed by atoms with van der Waals surface area (Å²) in [6.07, 6.45) is 0.730. The Hall–Kier alpha value is -2.59. The van der Waals surface area contributed by atoms with Crippen molar-refractivity contribution in [3.8, 4) is 17.2 Å². The van der Waals surface area contributed by atoms with E-state index in [4.69, 9.17) is 9.15 Å². The standard InChI is InChI=1S/C23H26N2O2/c1-16-14-24-15-21(16)18-8-10-20(11-9-18)26-13-12-22-17(2)27-23(25-22)19-6-4-3-5-7-19/h3-11,16,21,24H,12-15H2,1-2H3/t16-,21+/m1/s1. The average Bonchev–Trinajstić information content (AvgIpc) is 3.29. The van der Waals surface area contributed by atoms with Crippen LogP contribution in [0.1, 0.15) is 29.9 Å². The number of benzene rings is 2. The number of nitrogens with one attached hydrogen (secondary N) is 1. The largest absolute Gasteiger partial charge is 0.493 e. The van der Waals surface area contributed by atoms with Gasteiger partial charge in [0.15, 0.2) is 0 Å². The monoisotopic (exact) mass is 362 g/mol. The highest BCUT2D eigenvalue weighted by atomic mass is 16.5. The molecule has 4 heteroatoms. The Bertz CT molecular complexity index is 871. The lowest BCUT2D eigenvalue weighted by Crippen LogP contribution is -2.08. The molecule has 2 atom stereocenters. The minimum Gasteiger partial charge on any atom is -0.493 e. The molecule has 4 rings (SSSR count). The fourth-order valence-corrected chi connectivity index (χ4v) is 3.70. The van der Waals surface area contributed by atoms with Gasteiger partial charge in [-0.25, -0.2) is 4.98 Å². The van der Waals surface area contributed by atoms with Crippen molar-refractivity contribution in [3.63, 3.8) is 0 Å². The van der Waals surface area contributed by atoms with Crippen LogP contribution in [0.4, 0.5) is 0 Å². The van der Waals surface area contributed by atoms with Crippen LogP contribution in [-0.2, 0) is 6.42 Å². The number of hydrogen-bond acceptors (Lipinski definition) is 4. The molecular weight excluding hydrogens is 336 g/mol. The maximum absolute atomic E-state index is 5.93. The van der Waals surface area contributed by atoms with Crippen molar-refractivity contribution in [2.75, 3.05) is 19.7 Å². The second-order valence-corrected chi connectivity index (χ2v) is 7.30. The zero-order valence-electron chi connectivity index (χ0n) is 15.9. The summed E-state index contributed by atoms with van der Waals surface area (Å²) >= 11 is 0. The molecule has 1 aromatic heterocycles. The molecule has 2 aromatic carbocycles. The zero-order valence-corrected chi connectivity index (χ0v) is 15.9. The second kappa shape index (κ2) is 7.97. The molecule has 1 saturated heterocycles. The van der Waals surface area contributed by atoms with E-state index in [9.17, 15) is 0 Å². The number of aryl methyl sites for hydroxylation is 1. The second-order valence-electron chi connectivity index (χ2n) is 7.30. The van der Waals surface area contributed by atoms with Crippen molar-refractivity contribution in [2.45, 2.75) is 26.2 Å². The van der Waals surface area contributed by atoms with Crippen molar-refractivity contribution in [3.05, 3.63) is 71.6 Å². The highest BCUT2D eigenvalue weighted by molar-refractivity contribution is 5.53. The molecule has 0 saturated carbocycles. The summed E-state index contributed by atoms with van der Waals surface area (Å²) < 4.78 is 11.7. The van der Waals surface area contributed by atoms with Gasteiger partial charge in [0, 0.05) is 24.4 Å². The number of ether oxygens (including phenoxy) is 1. The molecule has 1 aliphatic heterocycles.